The zero-order valence-electron chi connectivity index (χ0n) is 16.9. The molecule has 8 aliphatic carbocycles. The molecule has 8 bridgehead atoms. The molecule has 8 saturated carbocycles. The van der Waals surface area contributed by atoms with Crippen LogP contribution in [0.1, 0.15) is 97.8 Å². The van der Waals surface area contributed by atoms with E-state index < -0.39 is 0 Å². The Bertz CT molecular complexity index is 453. The van der Waals surface area contributed by atoms with Crippen molar-refractivity contribution in [2.45, 2.75) is 114 Å². The van der Waals surface area contributed by atoms with Gasteiger partial charge in [0.25, 0.3) is 0 Å². The Labute approximate surface area is 155 Å². The van der Waals surface area contributed by atoms with Gasteiger partial charge in [-0.1, -0.05) is 0 Å². The normalized spacial score (nSPS) is 56.2. The van der Waals surface area contributed by atoms with E-state index in [0.29, 0.717) is 16.6 Å². The summed E-state index contributed by atoms with van der Waals surface area (Å²) in [6, 6.07) is 0. The van der Waals surface area contributed by atoms with Gasteiger partial charge >= 0.3 is 0 Å². The molecule has 0 unspecified atom stereocenters. The maximum Gasteiger partial charge on any atom is 0.0228 e. The van der Waals surface area contributed by atoms with E-state index in [1.54, 1.807) is 77.0 Å². The molecule has 8 aliphatic rings. The quantitative estimate of drug-likeness (QED) is 0.593. The number of nitrogens with zero attached hydrogens (tertiary/aromatic N) is 1. The van der Waals surface area contributed by atoms with Crippen LogP contribution >= 0.6 is 0 Å². The fraction of sp³-hybridized carbons (Fsp3) is 1.00. The third kappa shape index (κ3) is 2.23. The van der Waals surface area contributed by atoms with Crippen LogP contribution in [0.5, 0.6) is 0 Å². The zero-order valence-corrected chi connectivity index (χ0v) is 16.9. The van der Waals surface area contributed by atoms with Crippen LogP contribution in [0, 0.1) is 35.5 Å². The SMILES string of the molecule is CC(C)(C)N(C12CC3CC(CC(C3)C1)C2)C12CC3CC(CC(C3)C1)C2. The molecule has 0 spiro atoms. The van der Waals surface area contributed by atoms with Crippen molar-refractivity contribution in [2.75, 3.05) is 0 Å². The molecule has 0 amide bonds. The lowest BCUT2D eigenvalue weighted by atomic mass is 9.48. The van der Waals surface area contributed by atoms with Gasteiger partial charge in [-0.2, -0.15) is 0 Å². The topological polar surface area (TPSA) is 3.24 Å². The molecular weight excluding hydrogens is 302 g/mol. The Morgan fingerprint density at radius 1 is 0.520 bits per heavy atom. The first-order valence-corrected chi connectivity index (χ1v) is 11.6. The lowest BCUT2D eigenvalue weighted by molar-refractivity contribution is -0.209. The predicted molar refractivity (Wildman–Crippen MR) is 103 cm³/mol. The van der Waals surface area contributed by atoms with E-state index in [1.165, 1.54) is 0 Å². The van der Waals surface area contributed by atoms with Gasteiger partial charge in [-0.3, -0.25) is 4.90 Å². The summed E-state index contributed by atoms with van der Waals surface area (Å²) >= 11 is 0. The van der Waals surface area contributed by atoms with Crippen molar-refractivity contribution in [2.24, 2.45) is 35.5 Å². The first-order valence-electron chi connectivity index (χ1n) is 11.6. The van der Waals surface area contributed by atoms with E-state index in [2.05, 4.69) is 25.7 Å². The van der Waals surface area contributed by atoms with Crippen LogP contribution in [0.15, 0.2) is 0 Å². The van der Waals surface area contributed by atoms with Gasteiger partial charge in [0.15, 0.2) is 0 Å². The molecule has 0 heterocycles. The van der Waals surface area contributed by atoms with Crippen molar-refractivity contribution in [3.8, 4) is 0 Å². The highest BCUT2D eigenvalue weighted by molar-refractivity contribution is 5.17. The summed E-state index contributed by atoms with van der Waals surface area (Å²) in [5.41, 5.74) is 1.51. The van der Waals surface area contributed by atoms with Crippen LogP contribution < -0.4 is 0 Å². The number of rotatable bonds is 2. The molecule has 0 radical (unpaired) electrons. The summed E-state index contributed by atoms with van der Waals surface area (Å²) < 4.78 is 0. The van der Waals surface area contributed by atoms with E-state index in [0.717, 1.165) is 35.5 Å². The minimum Gasteiger partial charge on any atom is -0.287 e. The van der Waals surface area contributed by atoms with Crippen LogP contribution in [-0.2, 0) is 0 Å². The molecule has 8 rings (SSSR count). The summed E-state index contributed by atoms with van der Waals surface area (Å²) in [5, 5.41) is 0. The van der Waals surface area contributed by atoms with E-state index >= 15 is 0 Å². The van der Waals surface area contributed by atoms with Gasteiger partial charge in [0, 0.05) is 16.6 Å². The van der Waals surface area contributed by atoms with Gasteiger partial charge in [-0.05, 0) is 133 Å². The lowest BCUT2D eigenvalue weighted by Gasteiger charge is -2.71. The average molecular weight is 342 g/mol. The highest BCUT2D eigenvalue weighted by Gasteiger charge is 2.63. The molecule has 0 aromatic heterocycles. The van der Waals surface area contributed by atoms with Crippen molar-refractivity contribution in [1.82, 2.24) is 4.90 Å². The zero-order chi connectivity index (χ0) is 17.0. The third-order valence-electron chi connectivity index (χ3n) is 9.63. The minimum absolute atomic E-state index is 0.345. The molecular formula is C24H39N. The molecule has 140 valence electrons. The Morgan fingerprint density at radius 3 is 0.960 bits per heavy atom. The number of hydrogen-bond donors (Lipinski definition) is 0. The fourth-order valence-corrected chi connectivity index (χ4v) is 10.6. The third-order valence-corrected chi connectivity index (χ3v) is 9.63. The molecule has 1 heteroatoms. The smallest absolute Gasteiger partial charge is 0.0228 e. The van der Waals surface area contributed by atoms with Crippen LogP contribution in [0.2, 0.25) is 0 Å². The Kier molecular flexibility index (Phi) is 3.11. The van der Waals surface area contributed by atoms with E-state index in [-0.39, 0.29) is 0 Å². The Hall–Kier alpha value is -0.0400. The number of hydrogen-bond acceptors (Lipinski definition) is 1. The van der Waals surface area contributed by atoms with Crippen LogP contribution in [-0.4, -0.2) is 21.5 Å². The van der Waals surface area contributed by atoms with E-state index in [9.17, 15) is 0 Å². The van der Waals surface area contributed by atoms with E-state index in [1.807, 2.05) is 0 Å². The summed E-state index contributed by atoms with van der Waals surface area (Å²) in [5.74, 6) is 6.44. The molecule has 8 fully saturated rings. The molecule has 1 nitrogen and oxygen atoms in total. The van der Waals surface area contributed by atoms with Crippen molar-refractivity contribution in [3.63, 3.8) is 0 Å². The second-order valence-electron chi connectivity index (χ2n) is 12.8. The van der Waals surface area contributed by atoms with Gasteiger partial charge in [0.1, 0.15) is 0 Å². The standard InChI is InChI=1S/C24H39N/c1-22(2,3)25(23-10-16-4-17(11-23)6-18(5-16)12-23)24-13-19-7-20(14-24)9-21(8-19)15-24/h16-21H,4-15H2,1-3H3. The van der Waals surface area contributed by atoms with Gasteiger partial charge in [-0.15, -0.1) is 0 Å². The molecule has 25 heavy (non-hydrogen) atoms. The van der Waals surface area contributed by atoms with Crippen molar-refractivity contribution in [1.29, 1.82) is 0 Å². The summed E-state index contributed by atoms with van der Waals surface area (Å²) in [7, 11) is 0. The minimum atomic E-state index is 0.345. The largest absolute Gasteiger partial charge is 0.287 e. The second kappa shape index (κ2) is 4.86. The Balaban J connectivity index is 1.44. The molecule has 0 aromatic carbocycles. The molecule has 0 aromatic rings. The first-order chi connectivity index (χ1) is 11.8. The predicted octanol–water partition coefficient (Wildman–Crippen LogP) is 6.02. The van der Waals surface area contributed by atoms with Crippen LogP contribution in [0.4, 0.5) is 0 Å². The molecule has 0 aliphatic heterocycles. The summed E-state index contributed by atoms with van der Waals surface area (Å²) in [6.45, 7) is 7.72. The second-order valence-corrected chi connectivity index (χ2v) is 12.8. The highest BCUT2D eigenvalue weighted by Crippen LogP contribution is 2.65. The van der Waals surface area contributed by atoms with Gasteiger partial charge in [0.2, 0.25) is 0 Å². The van der Waals surface area contributed by atoms with Gasteiger partial charge in [0.05, 0.1) is 0 Å². The Morgan fingerprint density at radius 2 is 0.760 bits per heavy atom. The molecule has 0 N–H and O–H groups in total. The first kappa shape index (κ1) is 16.0. The van der Waals surface area contributed by atoms with E-state index in [4.69, 9.17) is 0 Å². The average Bonchev–Trinajstić information content (AvgIpc) is 2.41. The van der Waals surface area contributed by atoms with Crippen LogP contribution in [0.3, 0.4) is 0 Å². The maximum absolute atomic E-state index is 3.27. The van der Waals surface area contributed by atoms with Crippen molar-refractivity contribution in [3.05, 3.63) is 0 Å². The van der Waals surface area contributed by atoms with Crippen LogP contribution in [0.25, 0.3) is 0 Å². The van der Waals surface area contributed by atoms with Crippen molar-refractivity contribution >= 4 is 0 Å². The van der Waals surface area contributed by atoms with Gasteiger partial charge < -0.3 is 0 Å². The highest BCUT2D eigenvalue weighted by atomic mass is 15.3. The maximum atomic E-state index is 3.27. The molecule has 0 atom stereocenters. The fourth-order valence-electron chi connectivity index (χ4n) is 10.6. The monoisotopic (exact) mass is 341 g/mol. The summed E-state index contributed by atoms with van der Waals surface area (Å²) in [4.78, 5) is 3.27. The van der Waals surface area contributed by atoms with Crippen molar-refractivity contribution < 1.29 is 0 Å². The van der Waals surface area contributed by atoms with Gasteiger partial charge in [-0.25, -0.2) is 0 Å². The lowest BCUT2D eigenvalue weighted by Crippen LogP contribution is -2.74. The summed E-state index contributed by atoms with van der Waals surface area (Å²) in [6.07, 6.45) is 18.8. The molecule has 0 saturated heterocycles.